The van der Waals surface area contributed by atoms with E-state index in [1.54, 1.807) is 0 Å². The van der Waals surface area contributed by atoms with E-state index in [1.807, 2.05) is 6.92 Å². The van der Waals surface area contributed by atoms with Crippen LogP contribution in [-0.4, -0.2) is 15.7 Å². The van der Waals surface area contributed by atoms with E-state index in [1.165, 1.54) is 11.6 Å². The van der Waals surface area contributed by atoms with Gasteiger partial charge in [0.15, 0.2) is 0 Å². The lowest BCUT2D eigenvalue weighted by molar-refractivity contribution is 0.442. The molecule has 0 spiro atoms. The second-order valence-electron chi connectivity index (χ2n) is 6.33. The maximum Gasteiger partial charge on any atom is 0.332 e. The number of nitrogens with one attached hydrogen (secondary N) is 1. The first-order chi connectivity index (χ1) is 9.19. The van der Waals surface area contributed by atoms with Gasteiger partial charge in [-0.3, -0.25) is 13.9 Å². The molecule has 0 aliphatic rings. The number of nitrogen functional groups attached to an aromatic ring is 1. The first-order valence-electron chi connectivity index (χ1n) is 7.02. The smallest absolute Gasteiger partial charge is 0.332 e. The zero-order valence-electron chi connectivity index (χ0n) is 13.1. The summed E-state index contributed by atoms with van der Waals surface area (Å²) in [6.07, 6.45) is 1.81. The molecule has 114 valence electrons. The standard InChI is InChI=1S/C14H26N4O2/c1-6-7-8-18-11(15)10(16-9-14(2,3)4)12(19)17(5)13(18)20/h16H,6-9,15H2,1-5H3. The van der Waals surface area contributed by atoms with Crippen LogP contribution in [0, 0.1) is 5.41 Å². The summed E-state index contributed by atoms with van der Waals surface area (Å²) in [6, 6.07) is 0. The molecule has 0 saturated carbocycles. The molecular weight excluding hydrogens is 256 g/mol. The summed E-state index contributed by atoms with van der Waals surface area (Å²) in [4.78, 5) is 24.2. The van der Waals surface area contributed by atoms with Crippen LogP contribution in [0.3, 0.4) is 0 Å². The highest BCUT2D eigenvalue weighted by Crippen LogP contribution is 2.17. The van der Waals surface area contributed by atoms with E-state index in [4.69, 9.17) is 5.73 Å². The van der Waals surface area contributed by atoms with Gasteiger partial charge in [0.05, 0.1) is 0 Å². The Labute approximate surface area is 119 Å². The number of nitrogens with two attached hydrogens (primary N) is 1. The topological polar surface area (TPSA) is 82.0 Å². The maximum absolute atomic E-state index is 12.2. The molecule has 1 aromatic rings. The van der Waals surface area contributed by atoms with Crippen molar-refractivity contribution in [2.75, 3.05) is 17.6 Å². The predicted molar refractivity (Wildman–Crippen MR) is 83.2 cm³/mol. The van der Waals surface area contributed by atoms with Crippen LogP contribution in [-0.2, 0) is 13.6 Å². The minimum atomic E-state index is -0.371. The van der Waals surface area contributed by atoms with E-state index in [2.05, 4.69) is 26.1 Å². The third-order valence-electron chi connectivity index (χ3n) is 3.11. The molecule has 1 rings (SSSR count). The van der Waals surface area contributed by atoms with Crippen molar-refractivity contribution in [3.63, 3.8) is 0 Å². The van der Waals surface area contributed by atoms with E-state index in [0.717, 1.165) is 17.4 Å². The molecule has 0 amide bonds. The van der Waals surface area contributed by atoms with Crippen molar-refractivity contribution < 1.29 is 0 Å². The Morgan fingerprint density at radius 1 is 1.25 bits per heavy atom. The Morgan fingerprint density at radius 2 is 1.85 bits per heavy atom. The average molecular weight is 282 g/mol. The highest BCUT2D eigenvalue weighted by Gasteiger charge is 2.17. The zero-order chi connectivity index (χ0) is 15.5. The van der Waals surface area contributed by atoms with Crippen molar-refractivity contribution in [3.05, 3.63) is 20.8 Å². The monoisotopic (exact) mass is 282 g/mol. The van der Waals surface area contributed by atoms with Crippen molar-refractivity contribution in [2.45, 2.75) is 47.1 Å². The lowest BCUT2D eigenvalue weighted by Crippen LogP contribution is -2.41. The largest absolute Gasteiger partial charge is 0.383 e. The van der Waals surface area contributed by atoms with Gasteiger partial charge in [0.1, 0.15) is 11.5 Å². The Bertz CT molecular complexity index is 579. The molecule has 0 bridgehead atoms. The normalized spacial score (nSPS) is 11.7. The summed E-state index contributed by atoms with van der Waals surface area (Å²) in [6.45, 7) is 9.37. The summed E-state index contributed by atoms with van der Waals surface area (Å²) in [5.74, 6) is 0.232. The molecule has 1 heterocycles. The van der Waals surface area contributed by atoms with E-state index < -0.39 is 0 Å². The lowest BCUT2D eigenvalue weighted by atomic mass is 9.97. The number of rotatable bonds is 5. The van der Waals surface area contributed by atoms with Crippen molar-refractivity contribution in [2.24, 2.45) is 12.5 Å². The van der Waals surface area contributed by atoms with E-state index in [9.17, 15) is 9.59 Å². The van der Waals surface area contributed by atoms with Gasteiger partial charge in [-0.15, -0.1) is 0 Å². The Kier molecular flexibility index (Phi) is 5.03. The van der Waals surface area contributed by atoms with Crippen LogP contribution in [0.1, 0.15) is 40.5 Å². The number of hydrogen-bond acceptors (Lipinski definition) is 4. The van der Waals surface area contributed by atoms with Crippen LogP contribution in [0.4, 0.5) is 11.5 Å². The van der Waals surface area contributed by atoms with Gasteiger partial charge in [0.2, 0.25) is 0 Å². The SMILES string of the molecule is CCCCn1c(N)c(NCC(C)(C)C)c(=O)n(C)c1=O. The quantitative estimate of drug-likeness (QED) is 0.855. The number of unbranched alkanes of at least 4 members (excludes halogenated alkanes) is 1. The third-order valence-corrected chi connectivity index (χ3v) is 3.11. The zero-order valence-corrected chi connectivity index (χ0v) is 13.1. The summed E-state index contributed by atoms with van der Waals surface area (Å²) < 4.78 is 2.58. The van der Waals surface area contributed by atoms with Gasteiger partial charge in [0, 0.05) is 20.1 Å². The number of hydrogen-bond donors (Lipinski definition) is 2. The second kappa shape index (κ2) is 6.15. The molecule has 0 fully saturated rings. The molecule has 0 radical (unpaired) electrons. The Morgan fingerprint density at radius 3 is 2.35 bits per heavy atom. The summed E-state index contributed by atoms with van der Waals surface area (Å²) in [7, 11) is 1.48. The van der Waals surface area contributed by atoms with Crippen molar-refractivity contribution >= 4 is 11.5 Å². The van der Waals surface area contributed by atoms with Gasteiger partial charge in [-0.2, -0.15) is 0 Å². The van der Waals surface area contributed by atoms with Gasteiger partial charge in [-0.05, 0) is 11.8 Å². The first kappa shape index (κ1) is 16.3. The van der Waals surface area contributed by atoms with Crippen LogP contribution >= 0.6 is 0 Å². The van der Waals surface area contributed by atoms with E-state index in [0.29, 0.717) is 18.8 Å². The molecule has 0 aliphatic carbocycles. The maximum atomic E-state index is 12.2. The third kappa shape index (κ3) is 3.65. The number of anilines is 2. The molecule has 0 saturated heterocycles. The molecule has 20 heavy (non-hydrogen) atoms. The minimum Gasteiger partial charge on any atom is -0.383 e. The lowest BCUT2D eigenvalue weighted by Gasteiger charge is -2.21. The molecule has 1 aromatic heterocycles. The van der Waals surface area contributed by atoms with E-state index >= 15 is 0 Å². The molecule has 3 N–H and O–H groups in total. The summed E-state index contributed by atoms with van der Waals surface area (Å²) in [5.41, 5.74) is 5.61. The molecule has 6 nitrogen and oxygen atoms in total. The fourth-order valence-corrected chi connectivity index (χ4v) is 1.84. The molecular formula is C14H26N4O2. The number of nitrogens with zero attached hydrogens (tertiary/aromatic N) is 2. The van der Waals surface area contributed by atoms with Gasteiger partial charge >= 0.3 is 5.69 Å². The molecule has 0 aliphatic heterocycles. The fourth-order valence-electron chi connectivity index (χ4n) is 1.84. The van der Waals surface area contributed by atoms with Crippen molar-refractivity contribution in [1.29, 1.82) is 0 Å². The first-order valence-corrected chi connectivity index (χ1v) is 7.02. The molecule has 0 atom stereocenters. The summed E-state index contributed by atoms with van der Waals surface area (Å²) in [5, 5.41) is 3.09. The Balaban J connectivity index is 3.27. The minimum absolute atomic E-state index is 0.0157. The van der Waals surface area contributed by atoms with Crippen LogP contribution in [0.15, 0.2) is 9.59 Å². The average Bonchev–Trinajstić information content (AvgIpc) is 2.35. The predicted octanol–water partition coefficient (Wildman–Crippen LogP) is 1.39. The van der Waals surface area contributed by atoms with Crippen LogP contribution in [0.2, 0.25) is 0 Å². The van der Waals surface area contributed by atoms with Gasteiger partial charge < -0.3 is 11.1 Å². The fraction of sp³-hybridized carbons (Fsp3) is 0.714. The van der Waals surface area contributed by atoms with E-state index in [-0.39, 0.29) is 22.5 Å². The molecule has 0 unspecified atom stereocenters. The van der Waals surface area contributed by atoms with Crippen molar-refractivity contribution in [3.8, 4) is 0 Å². The van der Waals surface area contributed by atoms with Gasteiger partial charge in [0.25, 0.3) is 5.56 Å². The summed E-state index contributed by atoms with van der Waals surface area (Å²) >= 11 is 0. The van der Waals surface area contributed by atoms with Gasteiger partial charge in [-0.1, -0.05) is 34.1 Å². The number of aromatic nitrogens is 2. The van der Waals surface area contributed by atoms with Gasteiger partial charge in [-0.25, -0.2) is 4.79 Å². The highest BCUT2D eigenvalue weighted by atomic mass is 16.2. The van der Waals surface area contributed by atoms with Crippen molar-refractivity contribution in [1.82, 2.24) is 9.13 Å². The van der Waals surface area contributed by atoms with Crippen LogP contribution in [0.5, 0.6) is 0 Å². The molecule has 6 heteroatoms. The van der Waals surface area contributed by atoms with Crippen LogP contribution in [0.25, 0.3) is 0 Å². The highest BCUT2D eigenvalue weighted by molar-refractivity contribution is 5.60. The molecule has 0 aromatic carbocycles. The van der Waals surface area contributed by atoms with Crippen LogP contribution < -0.4 is 22.3 Å². The Hall–Kier alpha value is -1.72. The second-order valence-corrected chi connectivity index (χ2v) is 6.33.